The molecule has 0 spiro atoms. The van der Waals surface area contributed by atoms with E-state index in [1.54, 1.807) is 72.4 Å². The maximum Gasteiger partial charge on any atom is 0.234 e. The van der Waals surface area contributed by atoms with E-state index in [0.29, 0.717) is 60.0 Å². The van der Waals surface area contributed by atoms with Crippen LogP contribution >= 0.6 is 34.0 Å². The van der Waals surface area contributed by atoms with E-state index in [1.165, 1.54) is 0 Å². The number of carbonyl (C=O) groups excluding carboxylic acids is 6. The number of aryl methyl sites for hydroxylation is 5. The van der Waals surface area contributed by atoms with E-state index >= 15 is 0 Å². The fourth-order valence-electron chi connectivity index (χ4n) is 14.6. The minimum Gasteiger partial charge on any atom is -0.391 e. The predicted molar refractivity (Wildman–Crippen MR) is 406 cm³/mol. The number of ketones is 3. The van der Waals surface area contributed by atoms with Gasteiger partial charge in [-0.1, -0.05) is 158 Å². The van der Waals surface area contributed by atoms with Crippen molar-refractivity contribution < 1.29 is 57.7 Å². The van der Waals surface area contributed by atoms with Crippen molar-refractivity contribution in [3.05, 3.63) is 176 Å². The summed E-state index contributed by atoms with van der Waals surface area (Å²) in [5.41, 5.74) is 15.3. The van der Waals surface area contributed by atoms with Crippen LogP contribution in [0.15, 0.2) is 127 Å². The smallest absolute Gasteiger partial charge is 0.234 e. The summed E-state index contributed by atoms with van der Waals surface area (Å²) >= 11 is 4.82. The fourth-order valence-corrected chi connectivity index (χ4v) is 16.9. The van der Waals surface area contributed by atoms with E-state index < -0.39 is 65.0 Å². The van der Waals surface area contributed by atoms with E-state index in [2.05, 4.69) is 79.0 Å². The molecule has 3 N–H and O–H groups in total. The van der Waals surface area contributed by atoms with Crippen LogP contribution in [0.25, 0.3) is 31.3 Å². The van der Waals surface area contributed by atoms with E-state index in [9.17, 15) is 44.1 Å². The Morgan fingerprint density at radius 3 is 1.10 bits per heavy atom. The number of aromatic nitrogens is 6. The Bertz CT molecular complexity index is 4430. The van der Waals surface area contributed by atoms with E-state index in [1.807, 2.05) is 145 Å². The lowest BCUT2D eigenvalue weighted by Gasteiger charge is -2.33. The van der Waals surface area contributed by atoms with Crippen molar-refractivity contribution in [1.82, 2.24) is 45.1 Å². The maximum atomic E-state index is 13.8. The average Bonchev–Trinajstić information content (AvgIpc) is 1.70. The summed E-state index contributed by atoms with van der Waals surface area (Å²) in [7, 11) is 0. The highest BCUT2D eigenvalue weighted by Gasteiger charge is 2.48. The number of benzene rings is 3. The normalized spacial score (nSPS) is 20.0. The van der Waals surface area contributed by atoms with Gasteiger partial charge in [-0.2, -0.15) is 0 Å². The number of thiazole rings is 3. The summed E-state index contributed by atoms with van der Waals surface area (Å²) < 4.78 is 16.3. The average molecular weight is 1490 g/mol. The van der Waals surface area contributed by atoms with Gasteiger partial charge in [0.2, 0.25) is 17.7 Å². The molecule has 12 atom stereocenters. The van der Waals surface area contributed by atoms with Gasteiger partial charge < -0.3 is 43.6 Å². The van der Waals surface area contributed by atoms with Crippen molar-refractivity contribution in [2.24, 2.45) is 10.8 Å². The maximum absolute atomic E-state index is 13.8. The highest BCUT2D eigenvalue weighted by molar-refractivity contribution is 7.14. The van der Waals surface area contributed by atoms with Crippen LogP contribution in [0.3, 0.4) is 0 Å². The van der Waals surface area contributed by atoms with Gasteiger partial charge in [-0.3, -0.25) is 33.8 Å². The zero-order valence-corrected chi connectivity index (χ0v) is 65.2. The Morgan fingerprint density at radius 2 is 0.810 bits per heavy atom. The van der Waals surface area contributed by atoms with Gasteiger partial charge in [-0.05, 0) is 103 Å². The molecule has 3 aromatic carbocycles. The van der Waals surface area contributed by atoms with E-state index in [0.717, 1.165) is 59.4 Å². The second-order valence-corrected chi connectivity index (χ2v) is 33.4. The third-order valence-corrected chi connectivity index (χ3v) is 23.1. The summed E-state index contributed by atoms with van der Waals surface area (Å²) in [6.45, 7) is 29.7. The van der Waals surface area contributed by atoms with Crippen LogP contribution in [0.1, 0.15) is 212 Å². The van der Waals surface area contributed by atoms with Gasteiger partial charge in [0.05, 0.1) is 102 Å². The monoisotopic (exact) mass is 1490 g/mol. The zero-order valence-electron chi connectivity index (χ0n) is 62.7. The Labute approximate surface area is 626 Å². The van der Waals surface area contributed by atoms with Crippen LogP contribution in [-0.2, 0) is 28.8 Å². The molecule has 0 saturated carbocycles. The molecule has 6 aromatic heterocycles. The minimum absolute atomic E-state index is 0.00213. The molecule has 3 saturated heterocycles. The number of β-amino-alcohol motifs (C(OH)–C–C–N with tert-alkyl or cyclic N) is 3. The van der Waals surface area contributed by atoms with Crippen LogP contribution < -0.4 is 0 Å². The van der Waals surface area contributed by atoms with Crippen LogP contribution in [-0.4, -0.2) is 152 Å². The second-order valence-electron chi connectivity index (χ2n) is 30.8. The van der Waals surface area contributed by atoms with Gasteiger partial charge in [0, 0.05) is 82.6 Å². The van der Waals surface area contributed by atoms with Gasteiger partial charge in [-0.25, -0.2) is 9.97 Å². The van der Waals surface area contributed by atoms with Gasteiger partial charge in [0.15, 0.2) is 17.3 Å². The summed E-state index contributed by atoms with van der Waals surface area (Å²) in [4.78, 5) is 102. The molecule has 0 aliphatic carbocycles. The van der Waals surface area contributed by atoms with Gasteiger partial charge in [-0.15, -0.1) is 34.0 Å². The first kappa shape index (κ1) is 79.1. The summed E-state index contributed by atoms with van der Waals surface area (Å²) in [5.74, 6) is -0.940. The van der Waals surface area contributed by atoms with Crippen molar-refractivity contribution in [1.29, 1.82) is 0 Å². The first-order valence-electron chi connectivity index (χ1n) is 36.1. The Hall–Kier alpha value is -8.52. The molecule has 3 amide bonds. The summed E-state index contributed by atoms with van der Waals surface area (Å²) in [6.07, 6.45) is 1.90. The third kappa shape index (κ3) is 19.0. The number of rotatable bonds is 22. The van der Waals surface area contributed by atoms with Crippen LogP contribution in [0.2, 0.25) is 0 Å². The Morgan fingerprint density at radius 1 is 0.476 bits per heavy atom. The van der Waals surface area contributed by atoms with E-state index in [-0.39, 0.29) is 91.7 Å². The number of hydrogen-bond acceptors (Lipinski definition) is 21. The van der Waals surface area contributed by atoms with Crippen molar-refractivity contribution in [3.8, 4) is 31.3 Å². The highest BCUT2D eigenvalue weighted by atomic mass is 32.1. The lowest BCUT2D eigenvalue weighted by Crippen LogP contribution is -2.46. The standard InChI is InChI=1S/C28H35N3O4S.C27H33N3O4S.C26H31N3O4S/c1-16(19-7-9-20(10-8-19)26-18(3)29-15-36-26)11-23(33)22-13-21(32)14-31(22)27(34)25(28(4,5)6)24-12-17(2)30-35-24;1-16(18-6-8-19(9-7-18)24-13-28-15-35-24)10-22(32)21-12-20(31)14-30(21)26(33)25(27(3,4)5)23-11-17(2)29-34-23;1-5-21(24-11-16(3)28-33-24)26(32)29-13-20(30)12-22(29)23(31)10-15(2)18-6-8-19(9-7-18)25-17(4)27-14-34-25/h7-10,12,15-16,21-22,25,32H,11,13-14H2,1-6H3;6-9,11,13,15-16,20-21,25,31H,10,12,14H2,1-5H3;6-9,11,14-15,20-22,30H,5,10,12-13H2,1-4H3/t16-,21-,22+,25-;16-,20-,21+,25-;15-,20-,21-,22+/m111/s1. The molecule has 0 radical (unpaired) electrons. The van der Waals surface area contributed by atoms with Crippen molar-refractivity contribution in [3.63, 3.8) is 0 Å². The lowest BCUT2D eigenvalue weighted by atomic mass is 9.78. The molecule has 3 aliphatic rings. The largest absolute Gasteiger partial charge is 0.391 e. The molecule has 105 heavy (non-hydrogen) atoms. The zero-order chi connectivity index (χ0) is 75.9. The second kappa shape index (κ2) is 33.9. The molecule has 21 nitrogen and oxygen atoms in total. The fraction of sp³-hybridized carbons (Fsp3) is 0.481. The number of nitrogens with zero attached hydrogens (tertiary/aromatic N) is 9. The first-order chi connectivity index (χ1) is 49.8. The van der Waals surface area contributed by atoms with Crippen molar-refractivity contribution in [2.75, 3.05) is 19.6 Å². The molecule has 24 heteroatoms. The molecular weight excluding hydrogens is 1390 g/mol. The summed E-state index contributed by atoms with van der Waals surface area (Å²) in [5, 5.41) is 43.0. The third-order valence-electron chi connectivity index (χ3n) is 20.3. The molecule has 0 unspecified atom stereocenters. The number of amides is 3. The molecule has 9 heterocycles. The molecule has 9 aromatic rings. The quantitative estimate of drug-likeness (QED) is 0.0568. The van der Waals surface area contributed by atoms with Gasteiger partial charge in [0.25, 0.3) is 0 Å². The molecule has 3 aliphatic heterocycles. The number of hydrogen-bond donors (Lipinski definition) is 3. The molecule has 558 valence electrons. The minimum atomic E-state index is -0.725. The Kier molecular flexibility index (Phi) is 25.5. The SMILES string of the molecule is CC[C@@H](C(=O)N1C[C@H](O)C[C@H]1C(=O)C[C@@H](C)c1ccc(-c2scnc2C)cc1)c1cc(C)no1.Cc1cc([C@H](C(=O)N2C[C@H](O)C[C@H]2C(=O)C[C@@H](C)c2ccc(-c3cncs3)cc2)C(C)(C)C)on1.Cc1cc([C@H](C(=O)N2C[C@H](O)C[C@H]2C(=O)C[C@@H](C)c2ccc(-c3scnc3C)cc2)C(C)(C)C)on1. The molecule has 3 fully saturated rings. The lowest BCUT2D eigenvalue weighted by molar-refractivity contribution is -0.141. The number of Topliss-reactive ketones (excluding diaryl/α,β-unsaturated/α-hetero) is 3. The molecule has 12 rings (SSSR count). The topological polar surface area (TPSA) is 290 Å². The van der Waals surface area contributed by atoms with Gasteiger partial charge in [0.1, 0.15) is 29.1 Å². The molecular formula is C81H99N9O12S3. The van der Waals surface area contributed by atoms with Crippen LogP contribution in [0.5, 0.6) is 0 Å². The predicted octanol–water partition coefficient (Wildman–Crippen LogP) is 14.9. The number of aliphatic hydroxyl groups excluding tert-OH is 3. The van der Waals surface area contributed by atoms with Crippen LogP contribution in [0, 0.1) is 45.4 Å². The van der Waals surface area contributed by atoms with Crippen molar-refractivity contribution >= 4 is 69.1 Å². The summed E-state index contributed by atoms with van der Waals surface area (Å²) in [6, 6.07) is 28.1. The van der Waals surface area contributed by atoms with E-state index in [4.69, 9.17) is 13.6 Å². The highest BCUT2D eigenvalue weighted by Crippen LogP contribution is 2.42. The first-order valence-corrected chi connectivity index (χ1v) is 38.7. The number of likely N-dealkylation sites (tertiary alicyclic amines) is 3. The number of carbonyl (C=O) groups is 6. The Balaban J connectivity index is 0.000000169. The molecule has 0 bridgehead atoms. The van der Waals surface area contributed by atoms with Crippen molar-refractivity contribution in [2.45, 2.75) is 221 Å². The number of aliphatic hydroxyl groups is 3. The van der Waals surface area contributed by atoms with Crippen LogP contribution in [0.4, 0.5) is 0 Å². The van der Waals surface area contributed by atoms with Gasteiger partial charge >= 0.3 is 0 Å².